The minimum absolute atomic E-state index is 0.00150. The van der Waals surface area contributed by atoms with Gasteiger partial charge in [0, 0.05) is 12.5 Å². The molecule has 2 heterocycles. The lowest BCUT2D eigenvalue weighted by atomic mass is 9.77. The van der Waals surface area contributed by atoms with Crippen molar-refractivity contribution in [2.75, 3.05) is 26.4 Å². The number of ether oxygens (including phenoxy) is 2. The second kappa shape index (κ2) is 5.36. The topological polar surface area (TPSA) is 47.6 Å². The van der Waals surface area contributed by atoms with Crippen molar-refractivity contribution < 1.29 is 14.3 Å². The predicted octanol–water partition coefficient (Wildman–Crippen LogP) is 1.34. The lowest BCUT2D eigenvalue weighted by molar-refractivity contribution is -0.151. The summed E-state index contributed by atoms with van der Waals surface area (Å²) in [7, 11) is 0. The molecule has 2 atom stereocenters. The molecular formula is C13H23NO3. The third-order valence-corrected chi connectivity index (χ3v) is 3.85. The molecule has 0 aromatic carbocycles. The van der Waals surface area contributed by atoms with Crippen molar-refractivity contribution >= 4 is 5.97 Å². The summed E-state index contributed by atoms with van der Waals surface area (Å²) in [4.78, 5) is 12.0. The average molecular weight is 241 g/mol. The Balaban J connectivity index is 1.81. The maximum absolute atomic E-state index is 12.0. The van der Waals surface area contributed by atoms with Crippen LogP contribution in [0.3, 0.4) is 0 Å². The van der Waals surface area contributed by atoms with E-state index in [1.165, 1.54) is 0 Å². The number of hydrogen-bond donors (Lipinski definition) is 1. The van der Waals surface area contributed by atoms with E-state index in [9.17, 15) is 4.79 Å². The Hall–Kier alpha value is -0.610. The van der Waals surface area contributed by atoms with Crippen LogP contribution < -0.4 is 5.32 Å². The van der Waals surface area contributed by atoms with Crippen molar-refractivity contribution in [1.29, 1.82) is 0 Å². The van der Waals surface area contributed by atoms with Crippen LogP contribution in [-0.2, 0) is 14.3 Å². The van der Waals surface area contributed by atoms with Crippen molar-refractivity contribution in [3.8, 4) is 0 Å². The number of nitrogens with one attached hydrogen (secondary N) is 1. The zero-order chi connectivity index (χ0) is 12.3. The van der Waals surface area contributed by atoms with Crippen LogP contribution in [0.25, 0.3) is 0 Å². The van der Waals surface area contributed by atoms with Crippen LogP contribution in [0, 0.1) is 11.3 Å². The van der Waals surface area contributed by atoms with Gasteiger partial charge in [0.2, 0.25) is 0 Å². The van der Waals surface area contributed by atoms with E-state index in [-0.39, 0.29) is 17.4 Å². The van der Waals surface area contributed by atoms with Gasteiger partial charge in [-0.1, -0.05) is 13.8 Å². The molecule has 98 valence electrons. The molecule has 0 saturated carbocycles. The number of piperidine rings is 1. The monoisotopic (exact) mass is 241 g/mol. The van der Waals surface area contributed by atoms with E-state index < -0.39 is 0 Å². The van der Waals surface area contributed by atoms with Gasteiger partial charge in [0.05, 0.1) is 13.2 Å². The zero-order valence-corrected chi connectivity index (χ0v) is 10.8. The third kappa shape index (κ3) is 3.19. The van der Waals surface area contributed by atoms with Crippen LogP contribution in [0.15, 0.2) is 0 Å². The number of esters is 1. The van der Waals surface area contributed by atoms with E-state index in [0.29, 0.717) is 12.5 Å². The van der Waals surface area contributed by atoms with Gasteiger partial charge in [-0.3, -0.25) is 4.79 Å². The zero-order valence-electron chi connectivity index (χ0n) is 10.8. The molecule has 0 amide bonds. The first kappa shape index (κ1) is 12.8. The maximum Gasteiger partial charge on any atom is 0.323 e. The van der Waals surface area contributed by atoms with Crippen LogP contribution in [-0.4, -0.2) is 38.4 Å². The molecule has 0 aromatic rings. The summed E-state index contributed by atoms with van der Waals surface area (Å²) < 4.78 is 10.7. The first-order valence-electron chi connectivity index (χ1n) is 6.57. The fourth-order valence-electron chi connectivity index (χ4n) is 2.61. The SMILES string of the molecule is CC1(C)CCCNC1C(=O)OCC1CCOC1. The molecular weight excluding hydrogens is 218 g/mol. The van der Waals surface area contributed by atoms with Gasteiger partial charge in [-0.15, -0.1) is 0 Å². The fourth-order valence-corrected chi connectivity index (χ4v) is 2.61. The normalized spacial score (nSPS) is 32.4. The summed E-state index contributed by atoms with van der Waals surface area (Å²) in [6.45, 7) is 7.21. The van der Waals surface area contributed by atoms with Crippen molar-refractivity contribution in [2.45, 2.75) is 39.2 Å². The molecule has 2 aliphatic heterocycles. The molecule has 0 bridgehead atoms. The standard InChI is InChI=1S/C13H23NO3/c1-13(2)5-3-6-14-11(13)12(15)17-9-10-4-7-16-8-10/h10-11,14H,3-9H2,1-2H3. The first-order valence-corrected chi connectivity index (χ1v) is 6.57. The summed E-state index contributed by atoms with van der Waals surface area (Å²) in [5.41, 5.74) is 0.00150. The van der Waals surface area contributed by atoms with Crippen LogP contribution in [0.1, 0.15) is 33.1 Å². The van der Waals surface area contributed by atoms with Gasteiger partial charge in [0.15, 0.2) is 0 Å². The van der Waals surface area contributed by atoms with Crippen LogP contribution in [0.2, 0.25) is 0 Å². The third-order valence-electron chi connectivity index (χ3n) is 3.85. The predicted molar refractivity (Wildman–Crippen MR) is 64.7 cm³/mol. The van der Waals surface area contributed by atoms with Gasteiger partial charge in [-0.25, -0.2) is 0 Å². The molecule has 17 heavy (non-hydrogen) atoms. The molecule has 0 aliphatic carbocycles. The van der Waals surface area contributed by atoms with E-state index in [0.717, 1.165) is 39.0 Å². The second-order valence-electron chi connectivity index (χ2n) is 5.84. The number of carbonyl (C=O) groups excluding carboxylic acids is 1. The van der Waals surface area contributed by atoms with Gasteiger partial charge in [0.1, 0.15) is 6.04 Å². The Bertz CT molecular complexity index is 272. The molecule has 2 rings (SSSR count). The van der Waals surface area contributed by atoms with Gasteiger partial charge in [0.25, 0.3) is 0 Å². The summed E-state index contributed by atoms with van der Waals surface area (Å²) in [5.74, 6) is 0.298. The van der Waals surface area contributed by atoms with E-state index >= 15 is 0 Å². The Morgan fingerprint density at radius 2 is 2.35 bits per heavy atom. The molecule has 2 saturated heterocycles. The molecule has 2 fully saturated rings. The first-order chi connectivity index (χ1) is 8.09. The Morgan fingerprint density at radius 3 is 3.00 bits per heavy atom. The molecule has 2 unspecified atom stereocenters. The lowest BCUT2D eigenvalue weighted by Crippen LogP contribution is -2.52. The van der Waals surface area contributed by atoms with E-state index in [1.807, 2.05) is 0 Å². The maximum atomic E-state index is 12.0. The highest BCUT2D eigenvalue weighted by atomic mass is 16.5. The molecule has 1 N–H and O–H groups in total. The van der Waals surface area contributed by atoms with E-state index in [2.05, 4.69) is 19.2 Å². The molecule has 0 aromatic heterocycles. The second-order valence-corrected chi connectivity index (χ2v) is 5.84. The van der Waals surface area contributed by atoms with Crippen LogP contribution in [0.4, 0.5) is 0 Å². The van der Waals surface area contributed by atoms with Crippen molar-refractivity contribution in [3.05, 3.63) is 0 Å². The molecule has 0 spiro atoms. The molecule has 2 aliphatic rings. The van der Waals surface area contributed by atoms with E-state index in [1.54, 1.807) is 0 Å². The van der Waals surface area contributed by atoms with Crippen LogP contribution in [0.5, 0.6) is 0 Å². The summed E-state index contributed by atoms with van der Waals surface area (Å²) >= 11 is 0. The fraction of sp³-hybridized carbons (Fsp3) is 0.923. The minimum atomic E-state index is -0.154. The molecule has 0 radical (unpaired) electrons. The van der Waals surface area contributed by atoms with Crippen LogP contribution >= 0.6 is 0 Å². The van der Waals surface area contributed by atoms with Crippen molar-refractivity contribution in [2.24, 2.45) is 11.3 Å². The quantitative estimate of drug-likeness (QED) is 0.758. The highest BCUT2D eigenvalue weighted by molar-refractivity contribution is 5.77. The summed E-state index contributed by atoms with van der Waals surface area (Å²) in [5, 5.41) is 3.28. The molecule has 4 heteroatoms. The Kier molecular flexibility index (Phi) is 4.05. The highest BCUT2D eigenvalue weighted by Crippen LogP contribution is 2.30. The van der Waals surface area contributed by atoms with E-state index in [4.69, 9.17) is 9.47 Å². The number of carbonyl (C=O) groups is 1. The Labute approximate surface area is 103 Å². The minimum Gasteiger partial charge on any atom is -0.464 e. The summed E-state index contributed by atoms with van der Waals surface area (Å²) in [6, 6.07) is -0.154. The average Bonchev–Trinajstić information content (AvgIpc) is 2.78. The largest absolute Gasteiger partial charge is 0.464 e. The van der Waals surface area contributed by atoms with Gasteiger partial charge >= 0.3 is 5.97 Å². The summed E-state index contributed by atoms with van der Waals surface area (Å²) in [6.07, 6.45) is 3.22. The number of rotatable bonds is 3. The number of hydrogen-bond acceptors (Lipinski definition) is 4. The van der Waals surface area contributed by atoms with Gasteiger partial charge < -0.3 is 14.8 Å². The smallest absolute Gasteiger partial charge is 0.323 e. The lowest BCUT2D eigenvalue weighted by Gasteiger charge is -2.37. The van der Waals surface area contributed by atoms with Crippen molar-refractivity contribution in [1.82, 2.24) is 5.32 Å². The van der Waals surface area contributed by atoms with Gasteiger partial charge in [-0.05, 0) is 31.2 Å². The highest BCUT2D eigenvalue weighted by Gasteiger charge is 2.38. The van der Waals surface area contributed by atoms with Gasteiger partial charge in [-0.2, -0.15) is 0 Å². The van der Waals surface area contributed by atoms with Crippen molar-refractivity contribution in [3.63, 3.8) is 0 Å². The Morgan fingerprint density at radius 1 is 1.53 bits per heavy atom. The molecule has 4 nitrogen and oxygen atoms in total.